The molecule has 1 amide bonds. The number of rotatable bonds is 5. The molecule has 0 bridgehead atoms. The SMILES string of the molecule is O=C(NN=C(c1ccccc1)c1ccccc1)C1CCN(c2nc3ccccc3o2)CC1. The summed E-state index contributed by atoms with van der Waals surface area (Å²) in [4.78, 5) is 19.5. The van der Waals surface area contributed by atoms with E-state index in [4.69, 9.17) is 4.42 Å². The first-order chi connectivity index (χ1) is 15.8. The van der Waals surface area contributed by atoms with E-state index in [0.717, 1.165) is 53.9 Å². The third-order valence-corrected chi connectivity index (χ3v) is 5.79. The van der Waals surface area contributed by atoms with Gasteiger partial charge in [0, 0.05) is 30.1 Å². The number of amides is 1. The van der Waals surface area contributed by atoms with Crippen molar-refractivity contribution in [3.63, 3.8) is 0 Å². The van der Waals surface area contributed by atoms with Gasteiger partial charge in [-0.15, -0.1) is 0 Å². The monoisotopic (exact) mass is 424 g/mol. The second kappa shape index (κ2) is 9.06. The Kier molecular flexibility index (Phi) is 5.66. The number of carbonyl (C=O) groups excluding carboxylic acids is 1. The molecule has 0 aliphatic carbocycles. The van der Waals surface area contributed by atoms with Crippen molar-refractivity contribution in [2.45, 2.75) is 12.8 Å². The molecule has 0 spiro atoms. The predicted octanol–water partition coefficient (Wildman–Crippen LogP) is 4.61. The summed E-state index contributed by atoms with van der Waals surface area (Å²) in [7, 11) is 0. The minimum Gasteiger partial charge on any atom is -0.423 e. The van der Waals surface area contributed by atoms with Crippen LogP contribution in [0.15, 0.2) is 94.4 Å². The van der Waals surface area contributed by atoms with Gasteiger partial charge in [-0.25, -0.2) is 5.43 Å². The zero-order chi connectivity index (χ0) is 21.8. The van der Waals surface area contributed by atoms with Gasteiger partial charge in [-0.2, -0.15) is 10.1 Å². The van der Waals surface area contributed by atoms with E-state index in [1.54, 1.807) is 0 Å². The first-order valence-corrected chi connectivity index (χ1v) is 10.9. The highest BCUT2D eigenvalue weighted by atomic mass is 16.4. The van der Waals surface area contributed by atoms with Crippen molar-refractivity contribution in [1.82, 2.24) is 10.4 Å². The summed E-state index contributed by atoms with van der Waals surface area (Å²) in [5.74, 6) is -0.140. The molecule has 1 aliphatic rings. The molecule has 4 aromatic rings. The Morgan fingerprint density at radius 3 is 2.09 bits per heavy atom. The maximum Gasteiger partial charge on any atom is 0.298 e. The number of piperidine rings is 1. The van der Waals surface area contributed by atoms with Crippen LogP contribution in [-0.2, 0) is 4.79 Å². The first kappa shape index (κ1) is 20.0. The Labute approximate surface area is 186 Å². The second-order valence-corrected chi connectivity index (χ2v) is 7.89. The van der Waals surface area contributed by atoms with Crippen LogP contribution in [0.4, 0.5) is 6.01 Å². The lowest BCUT2D eigenvalue weighted by atomic mass is 9.96. The summed E-state index contributed by atoms with van der Waals surface area (Å²) in [5.41, 5.74) is 7.13. The molecule has 0 saturated carbocycles. The molecule has 32 heavy (non-hydrogen) atoms. The van der Waals surface area contributed by atoms with Gasteiger partial charge in [0.25, 0.3) is 6.01 Å². The van der Waals surface area contributed by atoms with Crippen molar-refractivity contribution in [3.05, 3.63) is 96.1 Å². The molecule has 0 atom stereocenters. The summed E-state index contributed by atoms with van der Waals surface area (Å²) in [6, 6.07) is 28.2. The average molecular weight is 425 g/mol. The average Bonchev–Trinajstić information content (AvgIpc) is 3.30. The Morgan fingerprint density at radius 2 is 1.47 bits per heavy atom. The number of hydrazone groups is 1. The molecule has 0 radical (unpaired) electrons. The Bertz CT molecular complexity index is 1150. The van der Waals surface area contributed by atoms with Gasteiger partial charge >= 0.3 is 0 Å². The number of carbonyl (C=O) groups is 1. The number of fused-ring (bicyclic) bond motifs is 1. The predicted molar refractivity (Wildman–Crippen MR) is 126 cm³/mol. The number of para-hydroxylation sites is 2. The van der Waals surface area contributed by atoms with Gasteiger partial charge in [0.15, 0.2) is 5.58 Å². The van der Waals surface area contributed by atoms with Crippen LogP contribution in [0.2, 0.25) is 0 Å². The van der Waals surface area contributed by atoms with Crippen LogP contribution in [-0.4, -0.2) is 29.7 Å². The maximum absolute atomic E-state index is 12.9. The van der Waals surface area contributed by atoms with Gasteiger partial charge < -0.3 is 9.32 Å². The van der Waals surface area contributed by atoms with E-state index in [0.29, 0.717) is 6.01 Å². The standard InChI is InChI=1S/C26H24N4O2/c31-25(29-28-24(19-9-3-1-4-10-19)20-11-5-2-6-12-20)21-15-17-30(18-16-21)26-27-22-13-7-8-14-23(22)32-26/h1-14,21H,15-18H2,(H,29,31). The van der Waals surface area contributed by atoms with Crippen LogP contribution in [0, 0.1) is 5.92 Å². The lowest BCUT2D eigenvalue weighted by Crippen LogP contribution is -2.39. The number of aromatic nitrogens is 1. The van der Waals surface area contributed by atoms with Crippen LogP contribution in [0.5, 0.6) is 0 Å². The smallest absolute Gasteiger partial charge is 0.298 e. The maximum atomic E-state index is 12.9. The highest BCUT2D eigenvalue weighted by molar-refractivity contribution is 6.13. The molecule has 3 aromatic carbocycles. The lowest BCUT2D eigenvalue weighted by Gasteiger charge is -2.29. The van der Waals surface area contributed by atoms with E-state index in [-0.39, 0.29) is 11.8 Å². The molecular weight excluding hydrogens is 400 g/mol. The highest BCUT2D eigenvalue weighted by Gasteiger charge is 2.27. The van der Waals surface area contributed by atoms with Gasteiger partial charge in [-0.3, -0.25) is 4.79 Å². The molecule has 1 aliphatic heterocycles. The minimum atomic E-state index is -0.0906. The Hall–Kier alpha value is -3.93. The Balaban J connectivity index is 1.26. The number of hydrogen-bond acceptors (Lipinski definition) is 5. The van der Waals surface area contributed by atoms with Gasteiger partial charge in [0.2, 0.25) is 5.91 Å². The van der Waals surface area contributed by atoms with E-state index in [1.165, 1.54) is 0 Å². The van der Waals surface area contributed by atoms with Crippen molar-refractivity contribution in [2.24, 2.45) is 11.0 Å². The topological polar surface area (TPSA) is 70.7 Å². The fraction of sp³-hybridized carbons (Fsp3) is 0.192. The first-order valence-electron chi connectivity index (χ1n) is 10.9. The van der Waals surface area contributed by atoms with Crippen LogP contribution in [0.1, 0.15) is 24.0 Å². The molecule has 0 unspecified atom stereocenters. The fourth-order valence-electron chi connectivity index (χ4n) is 4.02. The summed E-state index contributed by atoms with van der Waals surface area (Å²) in [5, 5.41) is 4.52. The molecule has 160 valence electrons. The number of benzene rings is 3. The Morgan fingerprint density at radius 1 is 0.875 bits per heavy atom. The molecular formula is C26H24N4O2. The number of oxazole rings is 1. The van der Waals surface area contributed by atoms with Gasteiger partial charge in [0.05, 0.1) is 5.71 Å². The number of nitrogens with zero attached hydrogens (tertiary/aromatic N) is 3. The van der Waals surface area contributed by atoms with Gasteiger partial charge in [-0.1, -0.05) is 72.8 Å². The minimum absolute atomic E-state index is 0.0495. The summed E-state index contributed by atoms with van der Waals surface area (Å²) < 4.78 is 5.87. The van der Waals surface area contributed by atoms with Crippen molar-refractivity contribution >= 4 is 28.7 Å². The van der Waals surface area contributed by atoms with Crippen LogP contribution in [0.25, 0.3) is 11.1 Å². The third-order valence-electron chi connectivity index (χ3n) is 5.79. The van der Waals surface area contributed by atoms with E-state index in [2.05, 4.69) is 20.4 Å². The quantitative estimate of drug-likeness (QED) is 0.375. The number of anilines is 1. The number of nitrogens with one attached hydrogen (secondary N) is 1. The van der Waals surface area contributed by atoms with Crippen LogP contribution >= 0.6 is 0 Å². The van der Waals surface area contributed by atoms with Gasteiger partial charge in [-0.05, 0) is 25.0 Å². The normalized spacial score (nSPS) is 14.3. The second-order valence-electron chi connectivity index (χ2n) is 7.89. The molecule has 1 fully saturated rings. The highest BCUT2D eigenvalue weighted by Crippen LogP contribution is 2.26. The zero-order valence-electron chi connectivity index (χ0n) is 17.6. The van der Waals surface area contributed by atoms with Crippen molar-refractivity contribution in [3.8, 4) is 0 Å². The number of hydrogen-bond donors (Lipinski definition) is 1. The lowest BCUT2D eigenvalue weighted by molar-refractivity contribution is -0.125. The van der Waals surface area contributed by atoms with Crippen LogP contribution in [0.3, 0.4) is 0 Å². The summed E-state index contributed by atoms with van der Waals surface area (Å²) >= 11 is 0. The van der Waals surface area contributed by atoms with E-state index in [1.807, 2.05) is 84.9 Å². The molecule has 1 saturated heterocycles. The molecule has 5 rings (SSSR count). The molecule has 1 aromatic heterocycles. The van der Waals surface area contributed by atoms with Crippen molar-refractivity contribution in [1.29, 1.82) is 0 Å². The summed E-state index contributed by atoms with van der Waals surface area (Å²) in [6.07, 6.45) is 1.46. The van der Waals surface area contributed by atoms with Crippen molar-refractivity contribution in [2.75, 3.05) is 18.0 Å². The third kappa shape index (κ3) is 4.25. The fourth-order valence-corrected chi connectivity index (χ4v) is 4.02. The summed E-state index contributed by atoms with van der Waals surface area (Å²) in [6.45, 7) is 1.44. The van der Waals surface area contributed by atoms with Crippen molar-refractivity contribution < 1.29 is 9.21 Å². The van der Waals surface area contributed by atoms with E-state index >= 15 is 0 Å². The largest absolute Gasteiger partial charge is 0.423 e. The van der Waals surface area contributed by atoms with E-state index < -0.39 is 0 Å². The molecule has 1 N–H and O–H groups in total. The molecule has 2 heterocycles. The molecule has 6 nitrogen and oxygen atoms in total. The van der Waals surface area contributed by atoms with Crippen LogP contribution < -0.4 is 10.3 Å². The van der Waals surface area contributed by atoms with E-state index in [9.17, 15) is 4.79 Å². The zero-order valence-corrected chi connectivity index (χ0v) is 17.6. The molecule has 6 heteroatoms. The van der Waals surface area contributed by atoms with Gasteiger partial charge in [0.1, 0.15) is 5.52 Å².